The van der Waals surface area contributed by atoms with Crippen molar-refractivity contribution in [1.29, 1.82) is 0 Å². The van der Waals surface area contributed by atoms with E-state index in [9.17, 15) is 0 Å². The Morgan fingerprint density at radius 1 is 1.21 bits per heavy atom. The fourth-order valence-corrected chi connectivity index (χ4v) is 1.82. The molecule has 0 saturated carbocycles. The normalized spacial score (nSPS) is 12.7. The molecule has 0 spiro atoms. The highest BCUT2D eigenvalue weighted by molar-refractivity contribution is 5.38. The highest BCUT2D eigenvalue weighted by Crippen LogP contribution is 2.15. The summed E-state index contributed by atoms with van der Waals surface area (Å²) in [5.41, 5.74) is 1.25. The predicted octanol–water partition coefficient (Wildman–Crippen LogP) is 2.14. The molecule has 0 aromatic carbocycles. The minimum absolute atomic E-state index is 0.369. The first-order valence-corrected chi connectivity index (χ1v) is 7.09. The molecule has 19 heavy (non-hydrogen) atoms. The first-order chi connectivity index (χ1) is 9.04. The third-order valence-corrected chi connectivity index (χ3v) is 3.24. The summed E-state index contributed by atoms with van der Waals surface area (Å²) in [6.07, 6.45) is 3.14. The fourth-order valence-electron chi connectivity index (χ4n) is 1.82. The van der Waals surface area contributed by atoms with E-state index in [1.807, 2.05) is 6.20 Å². The summed E-state index contributed by atoms with van der Waals surface area (Å²) in [4.78, 5) is 8.92. The largest absolute Gasteiger partial charge is 0.358 e. The van der Waals surface area contributed by atoms with E-state index < -0.39 is 0 Å². The number of likely N-dealkylation sites (N-methyl/N-ethyl adjacent to an activating group) is 2. The number of aromatic nitrogens is 1. The van der Waals surface area contributed by atoms with Crippen molar-refractivity contribution in [2.24, 2.45) is 0 Å². The Balaban J connectivity index is 2.55. The molecule has 1 N–H and O–H groups in total. The number of nitrogens with one attached hydrogen (secondary N) is 1. The Labute approximate surface area is 117 Å². The lowest BCUT2D eigenvalue weighted by Crippen LogP contribution is -2.29. The molecule has 0 aliphatic carbocycles. The number of nitrogens with zero attached hydrogens (tertiary/aromatic N) is 3. The molecule has 0 aliphatic rings. The lowest BCUT2D eigenvalue weighted by Gasteiger charge is -2.21. The molecular weight excluding hydrogens is 236 g/mol. The van der Waals surface area contributed by atoms with Gasteiger partial charge in [-0.2, -0.15) is 0 Å². The SMILES string of the molecule is CCCNC(C)c1ccc(N(C)CCN(C)C)nc1. The molecule has 1 aromatic rings. The van der Waals surface area contributed by atoms with Crippen LogP contribution in [0.4, 0.5) is 5.82 Å². The molecule has 1 unspecified atom stereocenters. The van der Waals surface area contributed by atoms with Gasteiger partial charge in [-0.3, -0.25) is 0 Å². The molecule has 0 radical (unpaired) electrons. The molecule has 108 valence electrons. The monoisotopic (exact) mass is 264 g/mol. The Hall–Kier alpha value is -1.13. The van der Waals surface area contributed by atoms with E-state index in [0.717, 1.165) is 31.9 Å². The van der Waals surface area contributed by atoms with Crippen molar-refractivity contribution >= 4 is 5.82 Å². The van der Waals surface area contributed by atoms with Gasteiger partial charge >= 0.3 is 0 Å². The summed E-state index contributed by atoms with van der Waals surface area (Å²) in [7, 11) is 6.27. The van der Waals surface area contributed by atoms with Gasteiger partial charge in [0.2, 0.25) is 0 Å². The van der Waals surface area contributed by atoms with Crippen LogP contribution >= 0.6 is 0 Å². The minimum Gasteiger partial charge on any atom is -0.358 e. The molecule has 0 fully saturated rings. The van der Waals surface area contributed by atoms with E-state index in [4.69, 9.17) is 0 Å². The Morgan fingerprint density at radius 3 is 2.47 bits per heavy atom. The molecule has 4 nitrogen and oxygen atoms in total. The second-order valence-corrected chi connectivity index (χ2v) is 5.35. The van der Waals surface area contributed by atoms with Crippen LogP contribution in [-0.4, -0.2) is 50.7 Å². The van der Waals surface area contributed by atoms with E-state index in [1.54, 1.807) is 0 Å². The van der Waals surface area contributed by atoms with Crippen LogP contribution in [0.25, 0.3) is 0 Å². The summed E-state index contributed by atoms with van der Waals surface area (Å²) < 4.78 is 0. The fraction of sp³-hybridized carbons (Fsp3) is 0.667. The number of pyridine rings is 1. The van der Waals surface area contributed by atoms with Gasteiger partial charge in [0.1, 0.15) is 5.82 Å². The van der Waals surface area contributed by atoms with Crippen molar-refractivity contribution in [2.75, 3.05) is 45.7 Å². The van der Waals surface area contributed by atoms with Crippen LogP contribution in [0, 0.1) is 0 Å². The van der Waals surface area contributed by atoms with Crippen LogP contribution in [0.2, 0.25) is 0 Å². The van der Waals surface area contributed by atoms with E-state index >= 15 is 0 Å². The summed E-state index contributed by atoms with van der Waals surface area (Å²) >= 11 is 0. The predicted molar refractivity (Wildman–Crippen MR) is 82.8 cm³/mol. The maximum Gasteiger partial charge on any atom is 0.128 e. The summed E-state index contributed by atoms with van der Waals surface area (Å²) in [5, 5.41) is 3.48. The maximum atomic E-state index is 4.55. The van der Waals surface area contributed by atoms with E-state index in [1.165, 1.54) is 5.56 Å². The van der Waals surface area contributed by atoms with Crippen LogP contribution in [0.15, 0.2) is 18.3 Å². The molecule has 1 heterocycles. The number of hydrogen-bond acceptors (Lipinski definition) is 4. The zero-order valence-corrected chi connectivity index (χ0v) is 13.0. The zero-order chi connectivity index (χ0) is 14.3. The molecular formula is C15H28N4. The Bertz CT molecular complexity index is 348. The Kier molecular flexibility index (Phi) is 6.81. The number of anilines is 1. The molecule has 0 bridgehead atoms. The Morgan fingerprint density at radius 2 is 1.95 bits per heavy atom. The van der Waals surface area contributed by atoms with Crippen LogP contribution < -0.4 is 10.2 Å². The molecule has 0 saturated heterocycles. The van der Waals surface area contributed by atoms with Crippen molar-refractivity contribution in [3.8, 4) is 0 Å². The average molecular weight is 264 g/mol. The molecule has 4 heteroatoms. The van der Waals surface area contributed by atoms with Gasteiger partial charge in [-0.05, 0) is 45.6 Å². The van der Waals surface area contributed by atoms with Crippen LogP contribution in [0.5, 0.6) is 0 Å². The van der Waals surface area contributed by atoms with Crippen molar-refractivity contribution in [1.82, 2.24) is 15.2 Å². The van der Waals surface area contributed by atoms with Gasteiger partial charge in [0, 0.05) is 32.4 Å². The van der Waals surface area contributed by atoms with E-state index in [0.29, 0.717) is 6.04 Å². The van der Waals surface area contributed by atoms with Crippen molar-refractivity contribution in [3.63, 3.8) is 0 Å². The highest BCUT2D eigenvalue weighted by Gasteiger charge is 2.07. The van der Waals surface area contributed by atoms with Gasteiger partial charge < -0.3 is 15.1 Å². The van der Waals surface area contributed by atoms with Crippen LogP contribution in [0.1, 0.15) is 31.9 Å². The molecule has 1 atom stereocenters. The van der Waals surface area contributed by atoms with Gasteiger partial charge in [-0.1, -0.05) is 13.0 Å². The number of hydrogen-bond donors (Lipinski definition) is 1. The third kappa shape index (κ3) is 5.57. The first kappa shape index (κ1) is 15.9. The third-order valence-electron chi connectivity index (χ3n) is 3.24. The van der Waals surface area contributed by atoms with Crippen LogP contribution in [0.3, 0.4) is 0 Å². The average Bonchev–Trinajstić information content (AvgIpc) is 2.42. The second kappa shape index (κ2) is 8.12. The maximum absolute atomic E-state index is 4.55. The minimum atomic E-state index is 0.369. The van der Waals surface area contributed by atoms with E-state index in [-0.39, 0.29) is 0 Å². The summed E-state index contributed by atoms with van der Waals surface area (Å²) in [6.45, 7) is 7.44. The first-order valence-electron chi connectivity index (χ1n) is 7.09. The topological polar surface area (TPSA) is 31.4 Å². The standard InChI is InChI=1S/C15H28N4/c1-6-9-16-13(2)14-7-8-15(17-12-14)19(5)11-10-18(3)4/h7-8,12-13,16H,6,9-11H2,1-5H3. The summed E-state index contributed by atoms with van der Waals surface area (Å²) in [5.74, 6) is 1.04. The second-order valence-electron chi connectivity index (χ2n) is 5.35. The van der Waals surface area contributed by atoms with Crippen molar-refractivity contribution < 1.29 is 0 Å². The van der Waals surface area contributed by atoms with Gasteiger partial charge in [-0.25, -0.2) is 4.98 Å². The molecule has 0 aliphatic heterocycles. The quantitative estimate of drug-likeness (QED) is 0.779. The van der Waals surface area contributed by atoms with Gasteiger partial charge in [0.05, 0.1) is 0 Å². The van der Waals surface area contributed by atoms with Crippen molar-refractivity contribution in [2.45, 2.75) is 26.3 Å². The summed E-state index contributed by atoms with van der Waals surface area (Å²) in [6, 6.07) is 4.64. The highest BCUT2D eigenvalue weighted by atomic mass is 15.2. The molecule has 1 rings (SSSR count). The molecule has 1 aromatic heterocycles. The van der Waals surface area contributed by atoms with Gasteiger partial charge in [0.15, 0.2) is 0 Å². The lowest BCUT2D eigenvalue weighted by atomic mass is 10.1. The van der Waals surface area contributed by atoms with Gasteiger partial charge in [0.25, 0.3) is 0 Å². The zero-order valence-electron chi connectivity index (χ0n) is 13.0. The smallest absolute Gasteiger partial charge is 0.128 e. The molecule has 0 amide bonds. The number of rotatable bonds is 8. The lowest BCUT2D eigenvalue weighted by molar-refractivity contribution is 0.416. The van der Waals surface area contributed by atoms with Gasteiger partial charge in [-0.15, -0.1) is 0 Å². The van der Waals surface area contributed by atoms with E-state index in [2.05, 4.69) is 67.2 Å². The van der Waals surface area contributed by atoms with Crippen molar-refractivity contribution in [3.05, 3.63) is 23.9 Å². The van der Waals surface area contributed by atoms with Crippen LogP contribution in [-0.2, 0) is 0 Å².